The Morgan fingerprint density at radius 1 is 0.846 bits per heavy atom. The monoisotopic (exact) mass is 348 g/mol. The van der Waals surface area contributed by atoms with Gasteiger partial charge in [0.2, 0.25) is 0 Å². The van der Waals surface area contributed by atoms with E-state index in [1.807, 2.05) is 41.3 Å². The van der Waals surface area contributed by atoms with Crippen molar-refractivity contribution in [2.45, 2.75) is 12.8 Å². The molecule has 2 heterocycles. The molecule has 2 aliphatic heterocycles. The van der Waals surface area contributed by atoms with Crippen molar-refractivity contribution in [2.75, 3.05) is 25.1 Å². The topological polar surface area (TPSA) is 49.9 Å². The molecule has 4 rings (SSSR count). The summed E-state index contributed by atoms with van der Waals surface area (Å²) in [6.07, 6.45) is 2.06. The fourth-order valence-corrected chi connectivity index (χ4v) is 3.65. The summed E-state index contributed by atoms with van der Waals surface area (Å²) in [7, 11) is 1.54. The Morgan fingerprint density at radius 3 is 2.19 bits per heavy atom. The van der Waals surface area contributed by atoms with Gasteiger partial charge in [0.15, 0.2) is 0 Å². The zero-order valence-electron chi connectivity index (χ0n) is 14.6. The van der Waals surface area contributed by atoms with E-state index in [1.54, 1.807) is 18.2 Å². The van der Waals surface area contributed by atoms with E-state index in [0.29, 0.717) is 22.7 Å². The maximum absolute atomic E-state index is 13.3. The lowest BCUT2D eigenvalue weighted by atomic mass is 10.0. The first-order chi connectivity index (χ1) is 12.7. The standard InChI is InChI=1S/C21H20N2O3/c1-26-17-12-6-5-11-16(17)23-20(24)18(15-9-3-2-4-10-15)19(21(23)25)22-13-7-8-14-22/h2-6,9-12H,7-8,13-14H2,1H3. The van der Waals surface area contributed by atoms with E-state index >= 15 is 0 Å². The third-order valence-electron chi connectivity index (χ3n) is 4.87. The predicted molar refractivity (Wildman–Crippen MR) is 99.7 cm³/mol. The largest absolute Gasteiger partial charge is 0.495 e. The molecule has 5 nitrogen and oxygen atoms in total. The molecule has 0 unspecified atom stereocenters. The number of rotatable bonds is 4. The van der Waals surface area contributed by atoms with Crippen molar-refractivity contribution < 1.29 is 14.3 Å². The minimum atomic E-state index is -0.299. The molecular formula is C21H20N2O3. The fraction of sp³-hybridized carbons (Fsp3) is 0.238. The molecule has 0 aliphatic carbocycles. The van der Waals surface area contributed by atoms with Crippen LogP contribution in [0.25, 0.3) is 5.57 Å². The highest BCUT2D eigenvalue weighted by molar-refractivity contribution is 6.45. The summed E-state index contributed by atoms with van der Waals surface area (Å²) in [5.41, 5.74) is 2.23. The molecule has 1 saturated heterocycles. The molecule has 2 aliphatic rings. The van der Waals surface area contributed by atoms with E-state index < -0.39 is 0 Å². The fourth-order valence-electron chi connectivity index (χ4n) is 3.65. The van der Waals surface area contributed by atoms with Gasteiger partial charge in [-0.25, -0.2) is 4.90 Å². The number of methoxy groups -OCH3 is 1. The summed E-state index contributed by atoms with van der Waals surface area (Å²) in [4.78, 5) is 29.9. The lowest BCUT2D eigenvalue weighted by Gasteiger charge is -2.21. The van der Waals surface area contributed by atoms with E-state index in [4.69, 9.17) is 4.74 Å². The quantitative estimate of drug-likeness (QED) is 0.797. The minimum absolute atomic E-state index is 0.278. The molecule has 0 atom stereocenters. The summed E-state index contributed by atoms with van der Waals surface area (Å²) in [6.45, 7) is 1.59. The number of para-hydroxylation sites is 2. The number of carbonyl (C=O) groups is 2. The lowest BCUT2D eigenvalue weighted by molar-refractivity contribution is -0.120. The molecule has 2 aromatic rings. The van der Waals surface area contributed by atoms with Crippen molar-refractivity contribution in [2.24, 2.45) is 0 Å². The van der Waals surface area contributed by atoms with Crippen molar-refractivity contribution in [1.29, 1.82) is 0 Å². The van der Waals surface area contributed by atoms with Gasteiger partial charge < -0.3 is 9.64 Å². The van der Waals surface area contributed by atoms with Gasteiger partial charge in [0.25, 0.3) is 11.8 Å². The number of nitrogens with zero attached hydrogens (tertiary/aromatic N) is 2. The van der Waals surface area contributed by atoms with Gasteiger partial charge in [0, 0.05) is 13.1 Å². The second kappa shape index (κ2) is 6.67. The summed E-state index contributed by atoms with van der Waals surface area (Å²) in [5.74, 6) is -0.0721. The van der Waals surface area contributed by atoms with Gasteiger partial charge in [-0.05, 0) is 30.5 Å². The zero-order chi connectivity index (χ0) is 18.1. The van der Waals surface area contributed by atoms with Crippen molar-refractivity contribution in [1.82, 2.24) is 4.90 Å². The van der Waals surface area contributed by atoms with Crippen LogP contribution in [0.15, 0.2) is 60.3 Å². The number of hydrogen-bond donors (Lipinski definition) is 0. The average Bonchev–Trinajstić information content (AvgIpc) is 3.28. The molecule has 5 heteroatoms. The van der Waals surface area contributed by atoms with Crippen LogP contribution in [0, 0.1) is 0 Å². The Kier molecular flexibility index (Phi) is 4.21. The molecule has 0 spiro atoms. The Bertz CT molecular complexity index is 883. The molecule has 132 valence electrons. The number of benzene rings is 2. The van der Waals surface area contributed by atoms with Crippen LogP contribution in [0.5, 0.6) is 5.75 Å². The Morgan fingerprint density at radius 2 is 1.50 bits per heavy atom. The molecule has 0 bridgehead atoms. The second-order valence-electron chi connectivity index (χ2n) is 6.40. The number of ether oxygens (including phenoxy) is 1. The Hall–Kier alpha value is -3.08. The first-order valence-corrected chi connectivity index (χ1v) is 8.79. The van der Waals surface area contributed by atoms with Crippen LogP contribution in [0.4, 0.5) is 5.69 Å². The van der Waals surface area contributed by atoms with Gasteiger partial charge in [0.1, 0.15) is 11.4 Å². The van der Waals surface area contributed by atoms with Gasteiger partial charge >= 0.3 is 0 Å². The first-order valence-electron chi connectivity index (χ1n) is 8.79. The molecule has 1 fully saturated rings. The molecule has 0 aromatic heterocycles. The highest BCUT2D eigenvalue weighted by Crippen LogP contribution is 2.39. The van der Waals surface area contributed by atoms with Crippen molar-refractivity contribution in [3.8, 4) is 5.75 Å². The molecule has 0 N–H and O–H groups in total. The SMILES string of the molecule is COc1ccccc1N1C(=O)C(c2ccccc2)=C(N2CCCC2)C1=O. The first kappa shape index (κ1) is 16.4. The highest BCUT2D eigenvalue weighted by Gasteiger charge is 2.43. The van der Waals surface area contributed by atoms with Crippen LogP contribution >= 0.6 is 0 Å². The molecular weight excluding hydrogens is 328 g/mol. The zero-order valence-corrected chi connectivity index (χ0v) is 14.6. The number of anilines is 1. The molecule has 0 radical (unpaired) electrons. The van der Waals surface area contributed by atoms with E-state index in [2.05, 4.69) is 0 Å². The molecule has 0 saturated carbocycles. The van der Waals surface area contributed by atoms with Gasteiger partial charge in [-0.2, -0.15) is 0 Å². The number of likely N-dealkylation sites (tertiary alicyclic amines) is 1. The van der Waals surface area contributed by atoms with Crippen LogP contribution in [-0.4, -0.2) is 36.9 Å². The van der Waals surface area contributed by atoms with Gasteiger partial charge in [-0.1, -0.05) is 42.5 Å². The van der Waals surface area contributed by atoms with Crippen molar-refractivity contribution >= 4 is 23.1 Å². The third kappa shape index (κ3) is 2.56. The smallest absolute Gasteiger partial charge is 0.282 e. The summed E-state index contributed by atoms with van der Waals surface area (Å²) in [5, 5.41) is 0. The average molecular weight is 348 g/mol. The summed E-state index contributed by atoms with van der Waals surface area (Å²) >= 11 is 0. The van der Waals surface area contributed by atoms with Crippen LogP contribution < -0.4 is 9.64 Å². The molecule has 2 amide bonds. The lowest BCUT2D eigenvalue weighted by Crippen LogP contribution is -2.34. The van der Waals surface area contributed by atoms with Gasteiger partial charge in [-0.15, -0.1) is 0 Å². The van der Waals surface area contributed by atoms with Crippen LogP contribution in [0.2, 0.25) is 0 Å². The number of hydrogen-bond acceptors (Lipinski definition) is 4. The Labute approximate surface area is 152 Å². The predicted octanol–water partition coefficient (Wildman–Crippen LogP) is 3.08. The van der Waals surface area contributed by atoms with Crippen LogP contribution in [0.3, 0.4) is 0 Å². The van der Waals surface area contributed by atoms with E-state index in [1.165, 1.54) is 12.0 Å². The van der Waals surface area contributed by atoms with E-state index in [9.17, 15) is 9.59 Å². The number of carbonyl (C=O) groups excluding carboxylic acids is 2. The Balaban J connectivity index is 1.85. The molecule has 26 heavy (non-hydrogen) atoms. The second-order valence-corrected chi connectivity index (χ2v) is 6.40. The normalized spacial score (nSPS) is 17.4. The maximum atomic E-state index is 13.3. The third-order valence-corrected chi connectivity index (χ3v) is 4.87. The van der Waals surface area contributed by atoms with Gasteiger partial charge in [-0.3, -0.25) is 9.59 Å². The van der Waals surface area contributed by atoms with E-state index in [0.717, 1.165) is 31.5 Å². The van der Waals surface area contributed by atoms with Crippen LogP contribution in [0.1, 0.15) is 18.4 Å². The number of imide groups is 1. The highest BCUT2D eigenvalue weighted by atomic mass is 16.5. The van der Waals surface area contributed by atoms with Crippen molar-refractivity contribution in [3.05, 3.63) is 65.9 Å². The minimum Gasteiger partial charge on any atom is -0.495 e. The van der Waals surface area contributed by atoms with E-state index in [-0.39, 0.29) is 11.8 Å². The van der Waals surface area contributed by atoms with Crippen LogP contribution in [-0.2, 0) is 9.59 Å². The maximum Gasteiger partial charge on any atom is 0.282 e. The van der Waals surface area contributed by atoms with Gasteiger partial charge in [0.05, 0.1) is 18.4 Å². The molecule has 2 aromatic carbocycles. The summed E-state index contributed by atoms with van der Waals surface area (Å²) < 4.78 is 5.38. The number of amides is 2. The van der Waals surface area contributed by atoms with Crippen molar-refractivity contribution in [3.63, 3.8) is 0 Å². The summed E-state index contributed by atoms with van der Waals surface area (Å²) in [6, 6.07) is 16.5.